The number of rotatable bonds is 5. The summed E-state index contributed by atoms with van der Waals surface area (Å²) in [6.07, 6.45) is 2.00. The van der Waals surface area contributed by atoms with E-state index in [0.717, 1.165) is 18.4 Å². The molecule has 2 aromatic carbocycles. The Bertz CT molecular complexity index is 626. The SMILES string of the molecule is O=C(CCCc1ccc(Cl)cc1)Nc1cccc(Cl)c1Cl. The second kappa shape index (κ2) is 7.69. The smallest absolute Gasteiger partial charge is 0.224 e. The Balaban J connectivity index is 1.82. The van der Waals surface area contributed by atoms with E-state index in [1.807, 2.05) is 24.3 Å². The lowest BCUT2D eigenvalue weighted by Gasteiger charge is -2.08. The maximum atomic E-state index is 11.9. The number of halogens is 3. The van der Waals surface area contributed by atoms with Crippen molar-refractivity contribution < 1.29 is 4.79 Å². The topological polar surface area (TPSA) is 29.1 Å². The summed E-state index contributed by atoms with van der Waals surface area (Å²) in [6, 6.07) is 12.8. The Kier molecular flexibility index (Phi) is 5.92. The molecule has 0 saturated carbocycles. The number of carbonyl (C=O) groups excluding carboxylic acids is 1. The van der Waals surface area contributed by atoms with E-state index in [1.165, 1.54) is 0 Å². The van der Waals surface area contributed by atoms with Gasteiger partial charge in [0.05, 0.1) is 15.7 Å². The molecule has 0 atom stereocenters. The van der Waals surface area contributed by atoms with Gasteiger partial charge < -0.3 is 5.32 Å². The summed E-state index contributed by atoms with van der Waals surface area (Å²) in [7, 11) is 0. The lowest BCUT2D eigenvalue weighted by Crippen LogP contribution is -2.11. The third kappa shape index (κ3) is 4.92. The molecular formula is C16H14Cl3NO. The van der Waals surface area contributed by atoms with Gasteiger partial charge in [-0.25, -0.2) is 0 Å². The van der Waals surface area contributed by atoms with Gasteiger partial charge in [-0.3, -0.25) is 4.79 Å². The molecular weight excluding hydrogens is 329 g/mol. The van der Waals surface area contributed by atoms with E-state index in [0.29, 0.717) is 27.2 Å². The minimum absolute atomic E-state index is 0.0758. The van der Waals surface area contributed by atoms with Gasteiger partial charge in [0, 0.05) is 11.4 Å². The van der Waals surface area contributed by atoms with Crippen LogP contribution in [-0.2, 0) is 11.2 Å². The third-order valence-corrected chi connectivity index (χ3v) is 4.08. The fourth-order valence-electron chi connectivity index (χ4n) is 1.92. The molecule has 21 heavy (non-hydrogen) atoms. The summed E-state index contributed by atoms with van der Waals surface area (Å²) in [4.78, 5) is 11.9. The predicted octanol–water partition coefficient (Wildman–Crippen LogP) is 5.61. The zero-order chi connectivity index (χ0) is 15.2. The zero-order valence-corrected chi connectivity index (χ0v) is 13.5. The zero-order valence-electron chi connectivity index (χ0n) is 11.2. The lowest BCUT2D eigenvalue weighted by atomic mass is 10.1. The van der Waals surface area contributed by atoms with Gasteiger partial charge >= 0.3 is 0 Å². The minimum Gasteiger partial charge on any atom is -0.325 e. The van der Waals surface area contributed by atoms with Gasteiger partial charge in [-0.2, -0.15) is 0 Å². The van der Waals surface area contributed by atoms with Gasteiger partial charge in [-0.15, -0.1) is 0 Å². The molecule has 0 unspecified atom stereocenters. The van der Waals surface area contributed by atoms with Crippen LogP contribution in [0.3, 0.4) is 0 Å². The number of carbonyl (C=O) groups is 1. The molecule has 0 aliphatic heterocycles. The van der Waals surface area contributed by atoms with Gasteiger partial charge in [0.25, 0.3) is 0 Å². The maximum absolute atomic E-state index is 11.9. The molecule has 1 amide bonds. The molecule has 0 heterocycles. The van der Waals surface area contributed by atoms with E-state index in [-0.39, 0.29) is 5.91 Å². The Morgan fingerprint density at radius 3 is 2.43 bits per heavy atom. The van der Waals surface area contributed by atoms with Crippen LogP contribution in [0.5, 0.6) is 0 Å². The van der Waals surface area contributed by atoms with E-state index in [4.69, 9.17) is 34.8 Å². The highest BCUT2D eigenvalue weighted by Crippen LogP contribution is 2.29. The van der Waals surface area contributed by atoms with Gasteiger partial charge in [-0.05, 0) is 42.7 Å². The standard InChI is InChI=1S/C16H14Cl3NO/c17-12-9-7-11(8-10-12)3-1-6-15(21)20-14-5-2-4-13(18)16(14)19/h2,4-5,7-10H,1,3,6H2,(H,20,21). The van der Waals surface area contributed by atoms with Gasteiger partial charge in [-0.1, -0.05) is 53.0 Å². The van der Waals surface area contributed by atoms with Gasteiger partial charge in [0.15, 0.2) is 0 Å². The maximum Gasteiger partial charge on any atom is 0.224 e. The lowest BCUT2D eigenvalue weighted by molar-refractivity contribution is -0.116. The highest BCUT2D eigenvalue weighted by molar-refractivity contribution is 6.43. The largest absolute Gasteiger partial charge is 0.325 e. The molecule has 2 aromatic rings. The fraction of sp³-hybridized carbons (Fsp3) is 0.188. The highest BCUT2D eigenvalue weighted by Gasteiger charge is 2.08. The summed E-state index contributed by atoms with van der Waals surface area (Å²) in [6.45, 7) is 0. The molecule has 0 radical (unpaired) electrons. The van der Waals surface area contributed by atoms with Crippen molar-refractivity contribution in [2.24, 2.45) is 0 Å². The van der Waals surface area contributed by atoms with Crippen molar-refractivity contribution in [2.75, 3.05) is 5.32 Å². The third-order valence-electron chi connectivity index (χ3n) is 3.01. The number of amides is 1. The van der Waals surface area contributed by atoms with Crippen LogP contribution in [0, 0.1) is 0 Å². The second-order valence-electron chi connectivity index (χ2n) is 4.63. The van der Waals surface area contributed by atoms with Crippen molar-refractivity contribution in [2.45, 2.75) is 19.3 Å². The van der Waals surface area contributed by atoms with E-state index >= 15 is 0 Å². The Morgan fingerprint density at radius 2 is 1.71 bits per heavy atom. The predicted molar refractivity (Wildman–Crippen MR) is 89.5 cm³/mol. The molecule has 0 saturated heterocycles. The van der Waals surface area contributed by atoms with Gasteiger partial charge in [0.1, 0.15) is 0 Å². The Morgan fingerprint density at radius 1 is 1.00 bits per heavy atom. The molecule has 2 nitrogen and oxygen atoms in total. The monoisotopic (exact) mass is 341 g/mol. The molecule has 0 fully saturated rings. The first-order valence-electron chi connectivity index (χ1n) is 6.54. The van der Waals surface area contributed by atoms with Crippen molar-refractivity contribution in [1.82, 2.24) is 0 Å². The van der Waals surface area contributed by atoms with Crippen LogP contribution in [0.1, 0.15) is 18.4 Å². The summed E-state index contributed by atoms with van der Waals surface area (Å²) >= 11 is 17.7. The molecule has 110 valence electrons. The highest BCUT2D eigenvalue weighted by atomic mass is 35.5. The summed E-state index contributed by atoms with van der Waals surface area (Å²) in [5.41, 5.74) is 1.70. The molecule has 1 N–H and O–H groups in total. The second-order valence-corrected chi connectivity index (χ2v) is 5.85. The van der Waals surface area contributed by atoms with E-state index in [9.17, 15) is 4.79 Å². The molecule has 2 rings (SSSR count). The number of hydrogen-bond acceptors (Lipinski definition) is 1. The van der Waals surface area contributed by atoms with E-state index in [2.05, 4.69) is 5.32 Å². The molecule has 0 bridgehead atoms. The Labute approximate surface area is 139 Å². The number of nitrogens with one attached hydrogen (secondary N) is 1. The molecule has 0 aliphatic rings. The van der Waals surface area contributed by atoms with Crippen molar-refractivity contribution in [3.63, 3.8) is 0 Å². The normalized spacial score (nSPS) is 10.4. The van der Waals surface area contributed by atoms with Crippen molar-refractivity contribution >= 4 is 46.4 Å². The van der Waals surface area contributed by atoms with Crippen LogP contribution in [0.15, 0.2) is 42.5 Å². The number of benzene rings is 2. The number of hydrogen-bond donors (Lipinski definition) is 1. The minimum atomic E-state index is -0.0758. The van der Waals surface area contributed by atoms with Crippen LogP contribution in [0.25, 0.3) is 0 Å². The molecule has 5 heteroatoms. The number of aryl methyl sites for hydroxylation is 1. The van der Waals surface area contributed by atoms with Crippen LogP contribution >= 0.6 is 34.8 Å². The van der Waals surface area contributed by atoms with Crippen LogP contribution in [-0.4, -0.2) is 5.91 Å². The first-order valence-corrected chi connectivity index (χ1v) is 7.68. The quantitative estimate of drug-likeness (QED) is 0.752. The summed E-state index contributed by atoms with van der Waals surface area (Å²) in [5, 5.41) is 4.28. The average molecular weight is 343 g/mol. The first kappa shape index (κ1) is 16.2. The molecule has 0 aliphatic carbocycles. The summed E-state index contributed by atoms with van der Waals surface area (Å²) in [5.74, 6) is -0.0758. The van der Waals surface area contributed by atoms with Crippen LogP contribution < -0.4 is 5.32 Å². The van der Waals surface area contributed by atoms with Gasteiger partial charge in [0.2, 0.25) is 5.91 Å². The summed E-state index contributed by atoms with van der Waals surface area (Å²) < 4.78 is 0. The average Bonchev–Trinajstić information content (AvgIpc) is 2.46. The molecule has 0 aromatic heterocycles. The van der Waals surface area contributed by atoms with Crippen LogP contribution in [0.2, 0.25) is 15.1 Å². The molecule has 0 spiro atoms. The number of anilines is 1. The van der Waals surface area contributed by atoms with Crippen molar-refractivity contribution in [1.29, 1.82) is 0 Å². The fourth-order valence-corrected chi connectivity index (χ4v) is 2.39. The first-order chi connectivity index (χ1) is 10.1. The van der Waals surface area contributed by atoms with Crippen molar-refractivity contribution in [3.05, 3.63) is 63.1 Å². The Hall–Kier alpha value is -1.22. The van der Waals surface area contributed by atoms with E-state index < -0.39 is 0 Å². The van der Waals surface area contributed by atoms with Crippen LogP contribution in [0.4, 0.5) is 5.69 Å². The van der Waals surface area contributed by atoms with Crippen molar-refractivity contribution in [3.8, 4) is 0 Å². The van der Waals surface area contributed by atoms with E-state index in [1.54, 1.807) is 18.2 Å².